The van der Waals surface area contributed by atoms with Crippen molar-refractivity contribution in [3.63, 3.8) is 0 Å². The van der Waals surface area contributed by atoms with Crippen LogP contribution in [-0.4, -0.2) is 20.1 Å². The molecule has 3 rings (SSSR count). The molecule has 0 unspecified atom stereocenters. The number of benzene rings is 3. The number of rotatable bonds is 9. The quantitative estimate of drug-likeness (QED) is 0.298. The second kappa shape index (κ2) is 12.0. The molecule has 3 aromatic rings. The fraction of sp³-hybridized carbons (Fsp3) is 0.154. The van der Waals surface area contributed by atoms with Crippen molar-refractivity contribution in [2.45, 2.75) is 13.2 Å². The van der Waals surface area contributed by atoms with Crippen molar-refractivity contribution in [3.8, 4) is 23.3 Å². The van der Waals surface area contributed by atoms with E-state index in [1.807, 2.05) is 18.2 Å². The first-order valence-electron chi connectivity index (χ1n) is 10.2. The van der Waals surface area contributed by atoms with Crippen LogP contribution in [0.5, 0.6) is 17.2 Å². The number of nitrogens with zero attached hydrogens (tertiary/aromatic N) is 1. The van der Waals surface area contributed by atoms with Crippen molar-refractivity contribution in [1.82, 2.24) is 5.32 Å². The Labute approximate surface area is 208 Å². The van der Waals surface area contributed by atoms with E-state index in [-0.39, 0.29) is 18.7 Å². The molecule has 0 heterocycles. The van der Waals surface area contributed by atoms with E-state index in [0.29, 0.717) is 27.1 Å². The zero-order valence-corrected chi connectivity index (χ0v) is 20.1. The van der Waals surface area contributed by atoms with Gasteiger partial charge in [-0.05, 0) is 53.6 Å². The summed E-state index contributed by atoms with van der Waals surface area (Å²) in [5, 5.41) is 13.3. The van der Waals surface area contributed by atoms with Gasteiger partial charge in [-0.1, -0.05) is 47.5 Å². The summed E-state index contributed by atoms with van der Waals surface area (Å²) in [6.07, 6.45) is 1.49. The van der Waals surface area contributed by atoms with Gasteiger partial charge in [0.1, 0.15) is 24.0 Å². The summed E-state index contributed by atoms with van der Waals surface area (Å²) in [4.78, 5) is 12.5. The molecule has 0 spiro atoms. The number of hydrogen-bond acceptors (Lipinski definition) is 5. The lowest BCUT2D eigenvalue weighted by molar-refractivity contribution is -0.117. The third kappa shape index (κ3) is 6.67. The molecule has 0 aromatic heterocycles. The number of ether oxygens (including phenoxy) is 3. The van der Waals surface area contributed by atoms with Crippen LogP contribution in [-0.2, 0) is 17.9 Å². The van der Waals surface area contributed by atoms with Crippen LogP contribution in [0.1, 0.15) is 16.7 Å². The predicted molar refractivity (Wildman–Crippen MR) is 132 cm³/mol. The van der Waals surface area contributed by atoms with E-state index in [1.54, 1.807) is 55.6 Å². The molecule has 0 aliphatic rings. The van der Waals surface area contributed by atoms with Gasteiger partial charge in [-0.25, -0.2) is 0 Å². The maximum absolute atomic E-state index is 12.5. The Kier molecular flexibility index (Phi) is 8.80. The van der Waals surface area contributed by atoms with Crippen LogP contribution in [0.3, 0.4) is 0 Å². The van der Waals surface area contributed by atoms with Gasteiger partial charge < -0.3 is 19.5 Å². The molecule has 1 N–H and O–H groups in total. The SMILES string of the molecule is COc1ccc(CNC(=O)/C(C#N)=C/c2ccc(OCc3ccc(Cl)cc3Cl)c(OC)c2)cc1. The summed E-state index contributed by atoms with van der Waals surface area (Å²) in [5.41, 5.74) is 2.25. The highest BCUT2D eigenvalue weighted by Gasteiger charge is 2.12. The third-order valence-electron chi connectivity index (χ3n) is 4.87. The second-order valence-electron chi connectivity index (χ2n) is 7.14. The van der Waals surface area contributed by atoms with Gasteiger partial charge in [0.15, 0.2) is 11.5 Å². The van der Waals surface area contributed by atoms with Gasteiger partial charge >= 0.3 is 0 Å². The summed E-state index contributed by atoms with van der Waals surface area (Å²) >= 11 is 12.1. The molecule has 0 saturated heterocycles. The number of halogens is 2. The number of carbonyl (C=O) groups excluding carboxylic acids is 1. The van der Waals surface area contributed by atoms with E-state index >= 15 is 0 Å². The Morgan fingerprint density at radius 3 is 2.41 bits per heavy atom. The molecule has 8 heteroatoms. The largest absolute Gasteiger partial charge is 0.497 e. The second-order valence-corrected chi connectivity index (χ2v) is 7.98. The summed E-state index contributed by atoms with van der Waals surface area (Å²) in [6, 6.07) is 19.5. The Hall–Kier alpha value is -3.66. The number of methoxy groups -OCH3 is 2. The topological polar surface area (TPSA) is 80.6 Å². The Morgan fingerprint density at radius 1 is 1.00 bits per heavy atom. The van der Waals surface area contributed by atoms with E-state index in [4.69, 9.17) is 37.4 Å². The average molecular weight is 497 g/mol. The molecular formula is C26H22Cl2N2O4. The first-order chi connectivity index (χ1) is 16.4. The summed E-state index contributed by atoms with van der Waals surface area (Å²) in [5.74, 6) is 1.20. The van der Waals surface area contributed by atoms with Gasteiger partial charge in [-0.15, -0.1) is 0 Å². The van der Waals surface area contributed by atoms with E-state index in [1.165, 1.54) is 13.2 Å². The predicted octanol–water partition coefficient (Wildman–Crippen LogP) is 5.81. The molecule has 0 aliphatic heterocycles. The fourth-order valence-electron chi connectivity index (χ4n) is 3.02. The van der Waals surface area contributed by atoms with Gasteiger partial charge in [0, 0.05) is 22.2 Å². The molecule has 0 radical (unpaired) electrons. The van der Waals surface area contributed by atoms with Crippen molar-refractivity contribution in [2.75, 3.05) is 14.2 Å². The minimum Gasteiger partial charge on any atom is -0.497 e. The lowest BCUT2D eigenvalue weighted by Crippen LogP contribution is -2.23. The fourth-order valence-corrected chi connectivity index (χ4v) is 3.49. The molecule has 1 amide bonds. The molecule has 0 bridgehead atoms. The summed E-state index contributed by atoms with van der Waals surface area (Å²) in [7, 11) is 3.10. The minimum absolute atomic E-state index is 0.0304. The average Bonchev–Trinajstić information content (AvgIpc) is 2.85. The van der Waals surface area contributed by atoms with E-state index in [9.17, 15) is 10.1 Å². The van der Waals surface area contributed by atoms with Gasteiger partial charge in [0.05, 0.1) is 14.2 Å². The monoisotopic (exact) mass is 496 g/mol. The molecule has 0 fully saturated rings. The molecule has 6 nitrogen and oxygen atoms in total. The Bertz CT molecular complexity index is 1230. The normalized spacial score (nSPS) is 10.9. The zero-order valence-electron chi connectivity index (χ0n) is 18.6. The molecule has 0 saturated carbocycles. The van der Waals surface area contributed by atoms with Gasteiger partial charge in [0.25, 0.3) is 5.91 Å². The first-order valence-corrected chi connectivity index (χ1v) is 11.0. The van der Waals surface area contributed by atoms with Crippen molar-refractivity contribution >= 4 is 35.2 Å². The van der Waals surface area contributed by atoms with Gasteiger partial charge in [-0.2, -0.15) is 5.26 Å². The zero-order chi connectivity index (χ0) is 24.5. The maximum Gasteiger partial charge on any atom is 0.262 e. The Balaban J connectivity index is 1.68. The van der Waals surface area contributed by atoms with E-state index < -0.39 is 5.91 Å². The molecule has 0 atom stereocenters. The highest BCUT2D eigenvalue weighted by Crippen LogP contribution is 2.31. The number of amides is 1. The van der Waals surface area contributed by atoms with Crippen molar-refractivity contribution in [1.29, 1.82) is 5.26 Å². The summed E-state index contributed by atoms with van der Waals surface area (Å²) < 4.78 is 16.4. The minimum atomic E-state index is -0.477. The molecule has 3 aromatic carbocycles. The number of nitrogens with one attached hydrogen (secondary N) is 1. The smallest absolute Gasteiger partial charge is 0.262 e. The Morgan fingerprint density at radius 2 is 1.76 bits per heavy atom. The molecular weight excluding hydrogens is 475 g/mol. The standard InChI is InChI=1S/C26H22Cl2N2O4/c1-32-22-8-3-17(4-9-22)15-30-26(31)20(14-29)11-18-5-10-24(25(12-18)33-2)34-16-19-6-7-21(27)13-23(19)28/h3-13H,15-16H2,1-2H3,(H,30,31)/b20-11+. The van der Waals surface area contributed by atoms with E-state index in [0.717, 1.165) is 16.9 Å². The van der Waals surface area contributed by atoms with Crippen molar-refractivity contribution in [2.24, 2.45) is 0 Å². The van der Waals surface area contributed by atoms with Crippen LogP contribution >= 0.6 is 23.2 Å². The van der Waals surface area contributed by atoms with Crippen LogP contribution in [0.15, 0.2) is 66.2 Å². The first kappa shape index (κ1) is 25.0. The number of hydrogen-bond donors (Lipinski definition) is 1. The highest BCUT2D eigenvalue weighted by atomic mass is 35.5. The summed E-state index contributed by atoms with van der Waals surface area (Å²) in [6.45, 7) is 0.504. The van der Waals surface area contributed by atoms with Crippen LogP contribution in [0, 0.1) is 11.3 Å². The van der Waals surface area contributed by atoms with Crippen LogP contribution in [0.25, 0.3) is 6.08 Å². The third-order valence-corrected chi connectivity index (χ3v) is 5.46. The number of nitriles is 1. The van der Waals surface area contributed by atoms with Crippen LogP contribution in [0.4, 0.5) is 0 Å². The van der Waals surface area contributed by atoms with Crippen molar-refractivity contribution < 1.29 is 19.0 Å². The lowest BCUT2D eigenvalue weighted by atomic mass is 10.1. The van der Waals surface area contributed by atoms with Crippen LogP contribution < -0.4 is 19.5 Å². The molecule has 0 aliphatic carbocycles. The van der Waals surface area contributed by atoms with Gasteiger partial charge in [0.2, 0.25) is 0 Å². The van der Waals surface area contributed by atoms with Gasteiger partial charge in [-0.3, -0.25) is 4.79 Å². The molecule has 174 valence electrons. The highest BCUT2D eigenvalue weighted by molar-refractivity contribution is 6.35. The molecule has 34 heavy (non-hydrogen) atoms. The number of carbonyl (C=O) groups is 1. The maximum atomic E-state index is 12.5. The van der Waals surface area contributed by atoms with E-state index in [2.05, 4.69) is 5.32 Å². The van der Waals surface area contributed by atoms with Crippen molar-refractivity contribution in [3.05, 3.63) is 93.0 Å². The van der Waals surface area contributed by atoms with Crippen LogP contribution in [0.2, 0.25) is 10.0 Å². The lowest BCUT2D eigenvalue weighted by Gasteiger charge is -2.12.